The van der Waals surface area contributed by atoms with E-state index in [4.69, 9.17) is 9.47 Å². The first-order valence-corrected chi connectivity index (χ1v) is 11.4. The summed E-state index contributed by atoms with van der Waals surface area (Å²) < 4.78 is 42.5. The van der Waals surface area contributed by atoms with Gasteiger partial charge in [0.2, 0.25) is 15.9 Å². The first-order chi connectivity index (χ1) is 14.8. The highest BCUT2D eigenvalue weighted by atomic mass is 32.2. The molecule has 0 bridgehead atoms. The number of morpholine rings is 1. The summed E-state index contributed by atoms with van der Waals surface area (Å²) in [6.07, 6.45) is 0.749. The zero-order chi connectivity index (χ0) is 22.6. The molecule has 170 valence electrons. The second kappa shape index (κ2) is 9.75. The van der Waals surface area contributed by atoms with Crippen LogP contribution in [0.2, 0.25) is 0 Å². The Morgan fingerprint density at radius 1 is 0.968 bits per heavy atom. The van der Waals surface area contributed by atoms with Crippen LogP contribution in [0.3, 0.4) is 0 Å². The number of sulfonamides is 1. The number of amides is 1. The second-order valence-corrected chi connectivity index (χ2v) is 9.22. The molecular weight excluding hydrogens is 428 g/mol. The minimum Gasteiger partial charge on any atom is -0.465 e. The molecule has 0 atom stereocenters. The fourth-order valence-electron chi connectivity index (χ4n) is 3.78. The van der Waals surface area contributed by atoms with E-state index < -0.39 is 22.0 Å². The lowest BCUT2D eigenvalue weighted by Gasteiger charge is -2.35. The van der Waals surface area contributed by atoms with Gasteiger partial charge >= 0.3 is 11.9 Å². The summed E-state index contributed by atoms with van der Waals surface area (Å²) in [4.78, 5) is 38.2. The fraction of sp³-hybridized carbons (Fsp3) is 0.550. The maximum absolute atomic E-state index is 13.3. The fourth-order valence-corrected chi connectivity index (χ4v) is 5.46. The van der Waals surface area contributed by atoms with Gasteiger partial charge < -0.3 is 19.1 Å². The van der Waals surface area contributed by atoms with Crippen molar-refractivity contribution in [1.29, 1.82) is 0 Å². The van der Waals surface area contributed by atoms with Gasteiger partial charge in [-0.2, -0.15) is 4.31 Å². The van der Waals surface area contributed by atoms with Crippen LogP contribution < -0.4 is 0 Å². The molecule has 1 amide bonds. The normalized spacial score (nSPS) is 18.5. The summed E-state index contributed by atoms with van der Waals surface area (Å²) in [7, 11) is -1.78. The molecule has 2 heterocycles. The molecule has 2 fully saturated rings. The third-order valence-corrected chi connectivity index (χ3v) is 7.49. The molecule has 0 unspecified atom stereocenters. The molecule has 0 aromatic heterocycles. The number of rotatable bonds is 5. The minimum absolute atomic E-state index is 0.00566. The molecule has 2 aliphatic rings. The highest BCUT2D eigenvalue weighted by Crippen LogP contribution is 2.28. The van der Waals surface area contributed by atoms with Crippen LogP contribution in [-0.2, 0) is 29.0 Å². The summed E-state index contributed by atoms with van der Waals surface area (Å²) in [5, 5.41) is 0. The first kappa shape index (κ1) is 23.2. The van der Waals surface area contributed by atoms with Crippen LogP contribution in [0, 0.1) is 5.92 Å². The molecule has 11 heteroatoms. The van der Waals surface area contributed by atoms with Crippen molar-refractivity contribution in [2.75, 3.05) is 53.6 Å². The Labute approximate surface area is 181 Å². The molecule has 0 spiro atoms. The molecule has 1 aromatic rings. The van der Waals surface area contributed by atoms with Crippen molar-refractivity contribution in [1.82, 2.24) is 9.21 Å². The zero-order valence-electron chi connectivity index (χ0n) is 17.5. The summed E-state index contributed by atoms with van der Waals surface area (Å²) in [5.41, 5.74) is -0.159. The van der Waals surface area contributed by atoms with Crippen LogP contribution in [0.15, 0.2) is 23.1 Å². The van der Waals surface area contributed by atoms with Crippen LogP contribution in [0.25, 0.3) is 0 Å². The number of hydrogen-bond donors (Lipinski definition) is 0. The van der Waals surface area contributed by atoms with E-state index in [1.165, 1.54) is 23.5 Å². The van der Waals surface area contributed by atoms with E-state index in [-0.39, 0.29) is 40.9 Å². The SMILES string of the molecule is COC(=O)c1ccc(C(=O)OC)c(S(=O)(=O)N2CCC(C(=O)N3CCOCC3)CC2)c1. The Kier molecular flexibility index (Phi) is 7.29. The standard InChI is InChI=1S/C20H26N2O8S/c1-28-19(24)15-3-4-16(20(25)29-2)17(13-15)31(26,27)22-7-5-14(6-8-22)18(23)21-9-11-30-12-10-21/h3-4,13-14H,5-12H2,1-2H3. The summed E-state index contributed by atoms with van der Waals surface area (Å²) in [5.74, 6) is -1.79. The molecule has 0 saturated carbocycles. The topological polar surface area (TPSA) is 120 Å². The maximum Gasteiger partial charge on any atom is 0.339 e. The highest BCUT2D eigenvalue weighted by molar-refractivity contribution is 7.89. The van der Waals surface area contributed by atoms with Crippen LogP contribution in [0.1, 0.15) is 33.6 Å². The second-order valence-electron chi connectivity index (χ2n) is 7.31. The molecule has 2 aliphatic heterocycles. The number of piperidine rings is 1. The summed E-state index contributed by atoms with van der Waals surface area (Å²) >= 11 is 0. The molecule has 2 saturated heterocycles. The predicted molar refractivity (Wildman–Crippen MR) is 108 cm³/mol. The van der Waals surface area contributed by atoms with E-state index in [2.05, 4.69) is 4.74 Å². The van der Waals surface area contributed by atoms with Crippen molar-refractivity contribution in [2.45, 2.75) is 17.7 Å². The molecule has 31 heavy (non-hydrogen) atoms. The van der Waals surface area contributed by atoms with Gasteiger partial charge in [-0.15, -0.1) is 0 Å². The molecule has 0 radical (unpaired) electrons. The van der Waals surface area contributed by atoms with Crippen molar-refractivity contribution in [3.63, 3.8) is 0 Å². The van der Waals surface area contributed by atoms with E-state index in [0.29, 0.717) is 39.1 Å². The van der Waals surface area contributed by atoms with Gasteiger partial charge in [0, 0.05) is 32.1 Å². The molecule has 3 rings (SSSR count). The first-order valence-electron chi connectivity index (χ1n) is 9.97. The Bertz CT molecular complexity index is 948. The Hall–Kier alpha value is -2.50. The number of carbonyl (C=O) groups excluding carboxylic acids is 3. The van der Waals surface area contributed by atoms with E-state index in [1.807, 2.05) is 0 Å². The van der Waals surface area contributed by atoms with Crippen molar-refractivity contribution in [2.24, 2.45) is 5.92 Å². The van der Waals surface area contributed by atoms with E-state index >= 15 is 0 Å². The van der Waals surface area contributed by atoms with E-state index in [0.717, 1.165) is 13.2 Å². The number of carbonyl (C=O) groups is 3. The van der Waals surface area contributed by atoms with Gasteiger partial charge in [-0.05, 0) is 31.0 Å². The van der Waals surface area contributed by atoms with Gasteiger partial charge in [-0.1, -0.05) is 0 Å². The van der Waals surface area contributed by atoms with Crippen molar-refractivity contribution in [3.05, 3.63) is 29.3 Å². The lowest BCUT2D eigenvalue weighted by atomic mass is 9.96. The third kappa shape index (κ3) is 4.89. The van der Waals surface area contributed by atoms with Crippen LogP contribution in [0.5, 0.6) is 0 Å². The van der Waals surface area contributed by atoms with E-state index in [1.54, 1.807) is 4.90 Å². The lowest BCUT2D eigenvalue weighted by Crippen LogP contribution is -2.47. The van der Waals surface area contributed by atoms with E-state index in [9.17, 15) is 22.8 Å². The summed E-state index contributed by atoms with van der Waals surface area (Å²) in [6, 6.07) is 3.67. The van der Waals surface area contributed by atoms with Gasteiger partial charge in [0.1, 0.15) is 0 Å². The minimum atomic E-state index is -4.11. The third-order valence-electron chi connectivity index (χ3n) is 5.55. The largest absolute Gasteiger partial charge is 0.465 e. The number of ether oxygens (including phenoxy) is 3. The van der Waals surface area contributed by atoms with Gasteiger partial charge in [0.15, 0.2) is 0 Å². The van der Waals surface area contributed by atoms with Gasteiger partial charge in [-0.3, -0.25) is 4.79 Å². The highest BCUT2D eigenvalue weighted by Gasteiger charge is 2.36. The molecular formula is C20H26N2O8S. The van der Waals surface area contributed by atoms with Gasteiger partial charge in [-0.25, -0.2) is 18.0 Å². The molecule has 0 N–H and O–H groups in total. The number of esters is 2. The van der Waals surface area contributed by atoms with Crippen LogP contribution in [0.4, 0.5) is 0 Å². The monoisotopic (exact) mass is 454 g/mol. The smallest absolute Gasteiger partial charge is 0.339 e. The molecule has 1 aromatic carbocycles. The average Bonchev–Trinajstić information content (AvgIpc) is 2.82. The van der Waals surface area contributed by atoms with Crippen molar-refractivity contribution >= 4 is 27.9 Å². The van der Waals surface area contributed by atoms with Crippen LogP contribution in [-0.4, -0.2) is 89.1 Å². The zero-order valence-corrected chi connectivity index (χ0v) is 18.4. The van der Waals surface area contributed by atoms with Crippen LogP contribution >= 0.6 is 0 Å². The molecule has 0 aliphatic carbocycles. The summed E-state index contributed by atoms with van der Waals surface area (Å²) in [6.45, 7) is 2.36. The van der Waals surface area contributed by atoms with Crippen molar-refractivity contribution < 1.29 is 37.0 Å². The number of methoxy groups -OCH3 is 2. The maximum atomic E-state index is 13.3. The number of nitrogens with zero attached hydrogens (tertiary/aromatic N) is 2. The van der Waals surface area contributed by atoms with Gasteiger partial charge in [0.25, 0.3) is 0 Å². The predicted octanol–water partition coefficient (Wildman–Crippen LogP) is 0.519. The average molecular weight is 455 g/mol. The number of hydrogen-bond acceptors (Lipinski definition) is 8. The Balaban J connectivity index is 1.81. The lowest BCUT2D eigenvalue weighted by molar-refractivity contribution is -0.140. The van der Waals surface area contributed by atoms with Crippen molar-refractivity contribution in [3.8, 4) is 0 Å². The molecule has 10 nitrogen and oxygen atoms in total. The Morgan fingerprint density at radius 2 is 1.58 bits per heavy atom. The Morgan fingerprint density at radius 3 is 2.16 bits per heavy atom. The number of benzene rings is 1. The quantitative estimate of drug-likeness (QED) is 0.591. The van der Waals surface area contributed by atoms with Gasteiger partial charge in [0.05, 0.1) is 43.5 Å².